The summed E-state index contributed by atoms with van der Waals surface area (Å²) in [7, 11) is 0. The van der Waals surface area contributed by atoms with Crippen LogP contribution in [-0.2, 0) is 4.79 Å². The Morgan fingerprint density at radius 2 is 2.33 bits per heavy atom. The second-order valence-electron chi connectivity index (χ2n) is 1.52. The Morgan fingerprint density at radius 3 is 2.33 bits per heavy atom. The molecule has 0 aromatic heterocycles. The molecule has 0 radical (unpaired) electrons. The highest BCUT2D eigenvalue weighted by atomic mass is 16.1. The summed E-state index contributed by atoms with van der Waals surface area (Å²) in [6, 6.07) is 0. The van der Waals surface area contributed by atoms with E-state index < -0.39 is 0 Å². The summed E-state index contributed by atoms with van der Waals surface area (Å²) in [4.78, 5) is 9.74. The first-order chi connectivity index (χ1) is 2.81. The van der Waals surface area contributed by atoms with Crippen LogP contribution in [0.4, 0.5) is 0 Å². The maximum atomic E-state index is 9.74. The molecule has 0 amide bonds. The standard InChI is InChI=1S/C5H10O/c1-3-5(2)4-6/h4-5H,3H2,1-2H3/t5-/m1/s1. The molecule has 6 heavy (non-hydrogen) atoms. The molecule has 0 fully saturated rings. The number of hydrogen-bond donors (Lipinski definition) is 0. The van der Waals surface area contributed by atoms with Crippen molar-refractivity contribution in [3.63, 3.8) is 0 Å². The number of aldehydes is 1. The van der Waals surface area contributed by atoms with Gasteiger partial charge in [0.1, 0.15) is 6.29 Å². The lowest BCUT2D eigenvalue weighted by Gasteiger charge is -1.89. The first-order valence-corrected chi connectivity index (χ1v) is 2.26. The topological polar surface area (TPSA) is 17.1 Å². The van der Waals surface area contributed by atoms with Gasteiger partial charge in [-0.3, -0.25) is 0 Å². The van der Waals surface area contributed by atoms with Crippen LogP contribution in [0.2, 0.25) is 0 Å². The summed E-state index contributed by atoms with van der Waals surface area (Å²) in [6.07, 6.45) is 1.93. The molecule has 0 saturated heterocycles. The molecule has 0 heterocycles. The van der Waals surface area contributed by atoms with E-state index in [9.17, 15) is 4.79 Å². The quantitative estimate of drug-likeness (QED) is 0.462. The van der Waals surface area contributed by atoms with Crippen LogP contribution in [0.1, 0.15) is 20.3 Å². The Kier molecular flexibility index (Phi) is 2.73. The Labute approximate surface area is 38.4 Å². The highest BCUT2D eigenvalue weighted by Gasteiger charge is 1.89. The van der Waals surface area contributed by atoms with Crippen molar-refractivity contribution in [1.82, 2.24) is 0 Å². The molecule has 0 aliphatic carbocycles. The third-order valence-electron chi connectivity index (χ3n) is 0.876. The third kappa shape index (κ3) is 1.94. The van der Waals surface area contributed by atoms with Crippen LogP contribution in [-0.4, -0.2) is 6.29 Å². The van der Waals surface area contributed by atoms with Gasteiger partial charge >= 0.3 is 0 Å². The smallest absolute Gasteiger partial charge is 0.122 e. The summed E-state index contributed by atoms with van der Waals surface area (Å²) >= 11 is 0. The monoisotopic (exact) mass is 86.1 g/mol. The van der Waals surface area contributed by atoms with Gasteiger partial charge in [-0.1, -0.05) is 13.8 Å². The van der Waals surface area contributed by atoms with Crippen molar-refractivity contribution in [2.24, 2.45) is 5.92 Å². The van der Waals surface area contributed by atoms with Gasteiger partial charge in [0.05, 0.1) is 0 Å². The lowest BCUT2D eigenvalue weighted by Crippen LogP contribution is -1.89. The predicted molar refractivity (Wildman–Crippen MR) is 25.5 cm³/mol. The minimum absolute atomic E-state index is 0.255. The van der Waals surface area contributed by atoms with Crippen LogP contribution < -0.4 is 0 Å². The van der Waals surface area contributed by atoms with Gasteiger partial charge in [-0.25, -0.2) is 0 Å². The van der Waals surface area contributed by atoms with Crippen LogP contribution in [0.5, 0.6) is 0 Å². The molecule has 0 aliphatic heterocycles. The summed E-state index contributed by atoms with van der Waals surface area (Å²) < 4.78 is 0. The van der Waals surface area contributed by atoms with Crippen LogP contribution in [0.15, 0.2) is 0 Å². The Bertz CT molecular complexity index is 41.2. The molecular formula is C5H10O. The average Bonchev–Trinajstić information content (AvgIpc) is 1.65. The molecule has 0 bridgehead atoms. The molecule has 0 aliphatic rings. The first-order valence-electron chi connectivity index (χ1n) is 2.26. The molecule has 1 heteroatoms. The van der Waals surface area contributed by atoms with E-state index >= 15 is 0 Å². The van der Waals surface area contributed by atoms with Crippen LogP contribution in [0.25, 0.3) is 0 Å². The molecule has 0 unspecified atom stereocenters. The average molecular weight is 86.1 g/mol. The number of rotatable bonds is 2. The zero-order valence-corrected chi connectivity index (χ0v) is 4.27. The van der Waals surface area contributed by atoms with Crippen molar-refractivity contribution in [3.05, 3.63) is 0 Å². The van der Waals surface area contributed by atoms with Crippen molar-refractivity contribution in [1.29, 1.82) is 0 Å². The summed E-state index contributed by atoms with van der Waals surface area (Å²) in [5.74, 6) is 0.255. The van der Waals surface area contributed by atoms with E-state index in [1.807, 2.05) is 13.8 Å². The second kappa shape index (κ2) is 2.88. The molecule has 0 aromatic carbocycles. The van der Waals surface area contributed by atoms with Gasteiger partial charge in [0.2, 0.25) is 0 Å². The van der Waals surface area contributed by atoms with Crippen molar-refractivity contribution >= 4 is 6.29 Å². The molecule has 0 rings (SSSR count). The van der Waals surface area contributed by atoms with E-state index in [1.165, 1.54) is 0 Å². The van der Waals surface area contributed by atoms with Crippen LogP contribution >= 0.6 is 0 Å². The van der Waals surface area contributed by atoms with Crippen LogP contribution in [0, 0.1) is 5.92 Å². The van der Waals surface area contributed by atoms with E-state index in [2.05, 4.69) is 0 Å². The maximum absolute atomic E-state index is 9.74. The zero-order chi connectivity index (χ0) is 4.99. The van der Waals surface area contributed by atoms with E-state index in [0.717, 1.165) is 12.7 Å². The van der Waals surface area contributed by atoms with Gasteiger partial charge in [0.25, 0.3) is 0 Å². The minimum Gasteiger partial charge on any atom is -0.303 e. The van der Waals surface area contributed by atoms with Crippen molar-refractivity contribution in [3.8, 4) is 0 Å². The SMILES string of the molecule is CC[C@@H](C)C=O. The van der Waals surface area contributed by atoms with Gasteiger partial charge in [0.15, 0.2) is 0 Å². The largest absolute Gasteiger partial charge is 0.303 e. The molecular weight excluding hydrogens is 76.1 g/mol. The Hall–Kier alpha value is -0.330. The molecule has 1 atom stereocenters. The number of hydrogen-bond acceptors (Lipinski definition) is 1. The van der Waals surface area contributed by atoms with Gasteiger partial charge in [-0.15, -0.1) is 0 Å². The van der Waals surface area contributed by atoms with E-state index in [0.29, 0.717) is 0 Å². The lowest BCUT2D eigenvalue weighted by atomic mass is 10.2. The minimum atomic E-state index is 0.255. The highest BCUT2D eigenvalue weighted by Crippen LogP contribution is 1.91. The van der Waals surface area contributed by atoms with E-state index in [-0.39, 0.29) is 5.92 Å². The lowest BCUT2D eigenvalue weighted by molar-refractivity contribution is -0.110. The molecule has 36 valence electrons. The van der Waals surface area contributed by atoms with Crippen LogP contribution in [0.3, 0.4) is 0 Å². The molecule has 0 saturated carbocycles. The van der Waals surface area contributed by atoms with Crippen molar-refractivity contribution in [2.75, 3.05) is 0 Å². The summed E-state index contributed by atoms with van der Waals surface area (Å²) in [5, 5.41) is 0. The van der Waals surface area contributed by atoms with E-state index in [4.69, 9.17) is 0 Å². The van der Waals surface area contributed by atoms with Gasteiger partial charge in [-0.05, 0) is 6.42 Å². The molecule has 0 N–H and O–H groups in total. The molecule has 0 spiro atoms. The Morgan fingerprint density at radius 1 is 1.83 bits per heavy atom. The van der Waals surface area contributed by atoms with Crippen molar-refractivity contribution < 1.29 is 4.79 Å². The third-order valence-corrected chi connectivity index (χ3v) is 0.876. The maximum Gasteiger partial charge on any atom is 0.122 e. The van der Waals surface area contributed by atoms with Gasteiger partial charge in [-0.2, -0.15) is 0 Å². The number of carbonyl (C=O) groups excluding carboxylic acids is 1. The van der Waals surface area contributed by atoms with Gasteiger partial charge < -0.3 is 4.79 Å². The summed E-state index contributed by atoms with van der Waals surface area (Å²) in [5.41, 5.74) is 0. The normalized spacial score (nSPS) is 13.7. The fourth-order valence-corrected chi connectivity index (χ4v) is 0.0962. The fraction of sp³-hybridized carbons (Fsp3) is 0.800. The Balaban J connectivity index is 2.96. The van der Waals surface area contributed by atoms with E-state index in [1.54, 1.807) is 0 Å². The molecule has 0 aromatic rings. The highest BCUT2D eigenvalue weighted by molar-refractivity contribution is 5.52. The number of carbonyl (C=O) groups is 1. The van der Waals surface area contributed by atoms with Crippen molar-refractivity contribution in [2.45, 2.75) is 20.3 Å². The predicted octanol–water partition coefficient (Wildman–Crippen LogP) is 1.23. The fourth-order valence-electron chi connectivity index (χ4n) is 0.0962. The second-order valence-corrected chi connectivity index (χ2v) is 1.52. The summed E-state index contributed by atoms with van der Waals surface area (Å²) in [6.45, 7) is 3.91. The first kappa shape index (κ1) is 5.67. The molecule has 1 nitrogen and oxygen atoms in total. The van der Waals surface area contributed by atoms with Gasteiger partial charge in [0, 0.05) is 5.92 Å². The zero-order valence-electron chi connectivity index (χ0n) is 4.27.